The highest BCUT2D eigenvalue weighted by molar-refractivity contribution is 5.77. The van der Waals surface area contributed by atoms with Gasteiger partial charge in [0.1, 0.15) is 6.42 Å². The molecule has 1 unspecified atom stereocenters. The SMILES string of the molecule is CN(CC1CCCOC1)C(=O)CC#N. The van der Waals surface area contributed by atoms with Crippen molar-refractivity contribution in [1.29, 1.82) is 5.26 Å². The van der Waals surface area contributed by atoms with Crippen LogP contribution in [0.15, 0.2) is 0 Å². The van der Waals surface area contributed by atoms with Crippen LogP contribution in [0.3, 0.4) is 0 Å². The van der Waals surface area contributed by atoms with E-state index in [-0.39, 0.29) is 12.3 Å². The lowest BCUT2D eigenvalue weighted by molar-refractivity contribution is -0.129. The number of ether oxygens (including phenoxy) is 1. The van der Waals surface area contributed by atoms with Gasteiger partial charge in [-0.25, -0.2) is 0 Å². The minimum Gasteiger partial charge on any atom is -0.381 e. The molecule has 0 N–H and O–H groups in total. The Morgan fingerprint density at radius 3 is 3.07 bits per heavy atom. The molecule has 0 saturated carbocycles. The van der Waals surface area contributed by atoms with Crippen LogP contribution in [0.5, 0.6) is 0 Å². The van der Waals surface area contributed by atoms with Gasteiger partial charge in [-0.15, -0.1) is 0 Å². The Bertz CT molecular complexity index is 229. The number of nitriles is 1. The molecule has 1 atom stereocenters. The molecule has 1 aliphatic heterocycles. The summed E-state index contributed by atoms with van der Waals surface area (Å²) in [6.45, 7) is 2.29. The summed E-state index contributed by atoms with van der Waals surface area (Å²) in [5.74, 6) is 0.342. The summed E-state index contributed by atoms with van der Waals surface area (Å²) in [7, 11) is 1.74. The van der Waals surface area contributed by atoms with Gasteiger partial charge in [0.25, 0.3) is 0 Å². The fourth-order valence-corrected chi connectivity index (χ4v) is 1.64. The second kappa shape index (κ2) is 5.61. The Hall–Kier alpha value is -1.08. The van der Waals surface area contributed by atoms with Crippen LogP contribution in [0.25, 0.3) is 0 Å². The van der Waals surface area contributed by atoms with E-state index in [1.165, 1.54) is 0 Å². The van der Waals surface area contributed by atoms with E-state index < -0.39 is 0 Å². The molecule has 1 rings (SSSR count). The number of hydrogen-bond acceptors (Lipinski definition) is 3. The molecule has 1 heterocycles. The second-order valence-electron chi connectivity index (χ2n) is 3.69. The van der Waals surface area contributed by atoms with Gasteiger partial charge < -0.3 is 9.64 Å². The van der Waals surface area contributed by atoms with Crippen LogP contribution in [0, 0.1) is 17.2 Å². The van der Waals surface area contributed by atoms with Crippen molar-refractivity contribution in [3.8, 4) is 6.07 Å². The maximum atomic E-state index is 11.3. The van der Waals surface area contributed by atoms with E-state index >= 15 is 0 Å². The Morgan fingerprint density at radius 2 is 2.50 bits per heavy atom. The average Bonchev–Trinajstić information content (AvgIpc) is 2.19. The van der Waals surface area contributed by atoms with Gasteiger partial charge in [0.15, 0.2) is 0 Å². The first kappa shape index (κ1) is 11.0. The Balaban J connectivity index is 2.28. The van der Waals surface area contributed by atoms with Gasteiger partial charge in [-0.2, -0.15) is 5.26 Å². The molecule has 4 nitrogen and oxygen atoms in total. The normalized spacial score (nSPS) is 21.3. The van der Waals surface area contributed by atoms with E-state index in [9.17, 15) is 4.79 Å². The summed E-state index contributed by atoms with van der Waals surface area (Å²) in [6, 6.07) is 1.86. The molecule has 0 radical (unpaired) electrons. The number of rotatable bonds is 3. The molecule has 1 fully saturated rings. The van der Waals surface area contributed by atoms with Crippen molar-refractivity contribution >= 4 is 5.91 Å². The number of carbonyl (C=O) groups is 1. The molecule has 14 heavy (non-hydrogen) atoms. The van der Waals surface area contributed by atoms with Crippen molar-refractivity contribution in [2.24, 2.45) is 5.92 Å². The lowest BCUT2D eigenvalue weighted by Crippen LogP contribution is -2.34. The van der Waals surface area contributed by atoms with E-state index in [1.54, 1.807) is 11.9 Å². The van der Waals surface area contributed by atoms with Gasteiger partial charge in [0.05, 0.1) is 12.7 Å². The van der Waals surface area contributed by atoms with Crippen LogP contribution >= 0.6 is 0 Å². The number of nitrogens with zero attached hydrogens (tertiary/aromatic N) is 2. The summed E-state index contributed by atoms with van der Waals surface area (Å²) in [4.78, 5) is 12.9. The topological polar surface area (TPSA) is 53.3 Å². The summed E-state index contributed by atoms with van der Waals surface area (Å²) < 4.78 is 5.32. The highest BCUT2D eigenvalue weighted by Gasteiger charge is 2.18. The number of carbonyl (C=O) groups excluding carboxylic acids is 1. The summed E-state index contributed by atoms with van der Waals surface area (Å²) >= 11 is 0. The van der Waals surface area contributed by atoms with Gasteiger partial charge in [0, 0.05) is 20.2 Å². The molecular formula is C10H16N2O2. The zero-order chi connectivity index (χ0) is 10.4. The first-order valence-electron chi connectivity index (χ1n) is 4.92. The molecule has 0 aromatic carbocycles. The predicted octanol–water partition coefficient (Wildman–Crippen LogP) is 0.785. The van der Waals surface area contributed by atoms with E-state index in [2.05, 4.69) is 0 Å². The van der Waals surface area contributed by atoms with Gasteiger partial charge in [-0.3, -0.25) is 4.79 Å². The number of amides is 1. The highest BCUT2D eigenvalue weighted by Crippen LogP contribution is 2.14. The lowest BCUT2D eigenvalue weighted by Gasteiger charge is -2.26. The minimum atomic E-state index is -0.0990. The maximum absolute atomic E-state index is 11.3. The maximum Gasteiger partial charge on any atom is 0.236 e. The Morgan fingerprint density at radius 1 is 1.71 bits per heavy atom. The predicted molar refractivity (Wildman–Crippen MR) is 51.4 cm³/mol. The number of hydrogen-bond donors (Lipinski definition) is 0. The zero-order valence-electron chi connectivity index (χ0n) is 8.53. The van der Waals surface area contributed by atoms with E-state index in [0.717, 1.165) is 26.1 Å². The molecular weight excluding hydrogens is 180 g/mol. The lowest BCUT2D eigenvalue weighted by atomic mass is 10.0. The van der Waals surface area contributed by atoms with E-state index in [0.29, 0.717) is 12.5 Å². The second-order valence-corrected chi connectivity index (χ2v) is 3.69. The van der Waals surface area contributed by atoms with Crippen LogP contribution < -0.4 is 0 Å². The highest BCUT2D eigenvalue weighted by atomic mass is 16.5. The fraction of sp³-hybridized carbons (Fsp3) is 0.800. The van der Waals surface area contributed by atoms with Crippen LogP contribution in [-0.2, 0) is 9.53 Å². The van der Waals surface area contributed by atoms with Crippen LogP contribution in [0.1, 0.15) is 19.3 Å². The summed E-state index contributed by atoms with van der Waals surface area (Å²) in [5, 5.41) is 8.37. The van der Waals surface area contributed by atoms with E-state index in [4.69, 9.17) is 10.00 Å². The van der Waals surface area contributed by atoms with Crippen LogP contribution in [0.4, 0.5) is 0 Å². The standard InChI is InChI=1S/C10H16N2O2/c1-12(10(13)4-5-11)7-9-3-2-6-14-8-9/h9H,2-4,6-8H2,1H3. The molecule has 1 aliphatic rings. The molecule has 0 spiro atoms. The molecule has 0 aromatic heterocycles. The van der Waals surface area contributed by atoms with Crippen molar-refractivity contribution in [3.05, 3.63) is 0 Å². The molecule has 4 heteroatoms. The zero-order valence-corrected chi connectivity index (χ0v) is 8.53. The molecule has 0 aromatic rings. The molecule has 1 amide bonds. The van der Waals surface area contributed by atoms with Crippen molar-refractivity contribution in [2.75, 3.05) is 26.8 Å². The van der Waals surface area contributed by atoms with Gasteiger partial charge in [-0.1, -0.05) is 0 Å². The molecule has 78 valence electrons. The minimum absolute atomic E-state index is 0.0237. The first-order chi connectivity index (χ1) is 6.74. The van der Waals surface area contributed by atoms with Crippen molar-refractivity contribution < 1.29 is 9.53 Å². The Kier molecular flexibility index (Phi) is 4.41. The molecule has 0 aliphatic carbocycles. The van der Waals surface area contributed by atoms with Crippen LogP contribution in [0.2, 0.25) is 0 Å². The quantitative estimate of drug-likeness (QED) is 0.670. The van der Waals surface area contributed by atoms with Crippen LogP contribution in [-0.4, -0.2) is 37.6 Å². The summed E-state index contributed by atoms with van der Waals surface area (Å²) in [5.41, 5.74) is 0. The average molecular weight is 196 g/mol. The largest absolute Gasteiger partial charge is 0.381 e. The van der Waals surface area contributed by atoms with Crippen molar-refractivity contribution in [3.63, 3.8) is 0 Å². The summed E-state index contributed by atoms with van der Waals surface area (Å²) in [6.07, 6.45) is 2.17. The van der Waals surface area contributed by atoms with Crippen molar-refractivity contribution in [1.82, 2.24) is 4.90 Å². The van der Waals surface area contributed by atoms with E-state index in [1.807, 2.05) is 6.07 Å². The van der Waals surface area contributed by atoms with Gasteiger partial charge >= 0.3 is 0 Å². The first-order valence-corrected chi connectivity index (χ1v) is 4.92. The Labute approximate surface area is 84.4 Å². The smallest absolute Gasteiger partial charge is 0.236 e. The molecule has 0 bridgehead atoms. The van der Waals surface area contributed by atoms with Crippen molar-refractivity contribution in [2.45, 2.75) is 19.3 Å². The third-order valence-electron chi connectivity index (χ3n) is 2.44. The third kappa shape index (κ3) is 3.35. The van der Waals surface area contributed by atoms with Gasteiger partial charge in [-0.05, 0) is 18.8 Å². The third-order valence-corrected chi connectivity index (χ3v) is 2.44. The fourth-order valence-electron chi connectivity index (χ4n) is 1.64. The monoisotopic (exact) mass is 196 g/mol. The molecule has 1 saturated heterocycles. The van der Waals surface area contributed by atoms with Gasteiger partial charge in [0.2, 0.25) is 5.91 Å².